The summed E-state index contributed by atoms with van der Waals surface area (Å²) in [6.07, 6.45) is 17.5. The van der Waals surface area contributed by atoms with E-state index in [1.807, 2.05) is 0 Å². The summed E-state index contributed by atoms with van der Waals surface area (Å²) in [5.74, 6) is 0.338. The van der Waals surface area contributed by atoms with E-state index in [-0.39, 0.29) is 5.97 Å². The van der Waals surface area contributed by atoms with Crippen molar-refractivity contribution in [3.8, 4) is 0 Å². The SMILES string of the molecule is CCCCCCCCCC(=O)CCCCCCCCC(=O)OC. The molecule has 3 heteroatoms. The van der Waals surface area contributed by atoms with Crippen molar-refractivity contribution >= 4 is 11.8 Å². The molecule has 136 valence electrons. The number of unbranched alkanes of at least 4 members (excludes halogenated alkanes) is 11. The molecule has 0 aliphatic rings. The average molecular weight is 327 g/mol. The van der Waals surface area contributed by atoms with E-state index >= 15 is 0 Å². The Morgan fingerprint density at radius 2 is 1.00 bits per heavy atom. The van der Waals surface area contributed by atoms with Crippen molar-refractivity contribution in [3.05, 3.63) is 0 Å². The smallest absolute Gasteiger partial charge is 0.305 e. The number of hydrogen-bond acceptors (Lipinski definition) is 3. The first-order chi connectivity index (χ1) is 11.2. The van der Waals surface area contributed by atoms with Gasteiger partial charge in [0, 0.05) is 19.3 Å². The van der Waals surface area contributed by atoms with Crippen molar-refractivity contribution in [1.82, 2.24) is 0 Å². The van der Waals surface area contributed by atoms with Gasteiger partial charge >= 0.3 is 5.97 Å². The molecule has 0 unspecified atom stereocenters. The molecule has 0 aromatic heterocycles. The van der Waals surface area contributed by atoms with Crippen LogP contribution in [0.25, 0.3) is 0 Å². The van der Waals surface area contributed by atoms with Gasteiger partial charge in [0.1, 0.15) is 5.78 Å². The standard InChI is InChI=1S/C20H38O3/c1-3-4-5-6-7-10-13-16-19(21)17-14-11-8-9-12-15-18-20(22)23-2/h3-18H2,1-2H3. The van der Waals surface area contributed by atoms with E-state index in [0.717, 1.165) is 51.4 Å². The molecule has 0 spiro atoms. The van der Waals surface area contributed by atoms with Gasteiger partial charge in [-0.15, -0.1) is 0 Å². The predicted molar refractivity (Wildman–Crippen MR) is 96.6 cm³/mol. The van der Waals surface area contributed by atoms with Crippen molar-refractivity contribution in [3.63, 3.8) is 0 Å². The van der Waals surface area contributed by atoms with Crippen LogP contribution in [0.4, 0.5) is 0 Å². The molecule has 23 heavy (non-hydrogen) atoms. The summed E-state index contributed by atoms with van der Waals surface area (Å²) >= 11 is 0. The van der Waals surface area contributed by atoms with Crippen molar-refractivity contribution in [2.45, 2.75) is 110 Å². The van der Waals surface area contributed by atoms with Gasteiger partial charge in [-0.3, -0.25) is 9.59 Å². The second-order valence-corrected chi connectivity index (χ2v) is 6.61. The average Bonchev–Trinajstić information content (AvgIpc) is 2.56. The quantitative estimate of drug-likeness (QED) is 0.243. The molecule has 0 aromatic carbocycles. The Morgan fingerprint density at radius 3 is 1.43 bits per heavy atom. The molecular weight excluding hydrogens is 288 g/mol. The zero-order chi connectivity index (χ0) is 17.2. The Hall–Kier alpha value is -0.860. The fourth-order valence-corrected chi connectivity index (χ4v) is 2.80. The summed E-state index contributed by atoms with van der Waals surface area (Å²) in [6.45, 7) is 2.24. The Labute approximate surface area is 143 Å². The predicted octanol–water partition coefficient (Wildman–Crippen LogP) is 5.99. The summed E-state index contributed by atoms with van der Waals surface area (Å²) < 4.78 is 4.61. The topological polar surface area (TPSA) is 43.4 Å². The fraction of sp³-hybridized carbons (Fsp3) is 0.900. The van der Waals surface area contributed by atoms with Crippen molar-refractivity contribution in [2.75, 3.05) is 7.11 Å². The normalized spacial score (nSPS) is 10.7. The Morgan fingerprint density at radius 1 is 0.609 bits per heavy atom. The molecule has 0 saturated carbocycles. The molecule has 0 heterocycles. The molecule has 0 N–H and O–H groups in total. The molecule has 0 atom stereocenters. The fourth-order valence-electron chi connectivity index (χ4n) is 2.80. The maximum Gasteiger partial charge on any atom is 0.305 e. The molecule has 3 nitrogen and oxygen atoms in total. The number of carbonyl (C=O) groups is 2. The lowest BCUT2D eigenvalue weighted by Gasteiger charge is -2.03. The first-order valence-corrected chi connectivity index (χ1v) is 9.79. The highest BCUT2D eigenvalue weighted by atomic mass is 16.5. The Balaban J connectivity index is 3.20. The highest BCUT2D eigenvalue weighted by Crippen LogP contribution is 2.12. The second-order valence-electron chi connectivity index (χ2n) is 6.61. The lowest BCUT2D eigenvalue weighted by atomic mass is 10.0. The minimum absolute atomic E-state index is 0.110. The maximum atomic E-state index is 11.8. The van der Waals surface area contributed by atoms with Crippen LogP contribution in [0.5, 0.6) is 0 Å². The van der Waals surface area contributed by atoms with E-state index in [9.17, 15) is 9.59 Å². The van der Waals surface area contributed by atoms with Crippen LogP contribution in [0, 0.1) is 0 Å². The molecule has 0 saturated heterocycles. The molecule has 0 aliphatic heterocycles. The van der Waals surface area contributed by atoms with Gasteiger partial charge in [-0.05, 0) is 19.3 Å². The van der Waals surface area contributed by atoms with E-state index < -0.39 is 0 Å². The summed E-state index contributed by atoms with van der Waals surface area (Å²) in [6, 6.07) is 0. The summed E-state index contributed by atoms with van der Waals surface area (Å²) in [7, 11) is 1.44. The zero-order valence-corrected chi connectivity index (χ0v) is 15.5. The minimum Gasteiger partial charge on any atom is -0.469 e. The van der Waals surface area contributed by atoms with Gasteiger partial charge in [-0.2, -0.15) is 0 Å². The van der Waals surface area contributed by atoms with E-state index in [1.54, 1.807) is 0 Å². The first kappa shape index (κ1) is 22.1. The number of Topliss-reactive ketones (excluding diaryl/α,β-unsaturated/α-hetero) is 1. The van der Waals surface area contributed by atoms with Gasteiger partial charge in [-0.1, -0.05) is 71.1 Å². The molecule has 0 radical (unpaired) electrons. The minimum atomic E-state index is -0.110. The summed E-state index contributed by atoms with van der Waals surface area (Å²) in [5.41, 5.74) is 0. The van der Waals surface area contributed by atoms with Gasteiger partial charge in [0.25, 0.3) is 0 Å². The maximum absolute atomic E-state index is 11.8. The third-order valence-electron chi connectivity index (χ3n) is 4.37. The molecule has 0 rings (SSSR count). The number of ether oxygens (including phenoxy) is 1. The molecular formula is C20H38O3. The number of esters is 1. The first-order valence-electron chi connectivity index (χ1n) is 9.79. The van der Waals surface area contributed by atoms with Crippen LogP contribution in [0.3, 0.4) is 0 Å². The molecule has 0 bridgehead atoms. The van der Waals surface area contributed by atoms with Gasteiger partial charge in [0.2, 0.25) is 0 Å². The van der Waals surface area contributed by atoms with Crippen LogP contribution in [0.2, 0.25) is 0 Å². The largest absolute Gasteiger partial charge is 0.469 e. The lowest BCUT2D eigenvalue weighted by molar-refractivity contribution is -0.140. The van der Waals surface area contributed by atoms with Crippen molar-refractivity contribution in [1.29, 1.82) is 0 Å². The third-order valence-corrected chi connectivity index (χ3v) is 4.37. The number of methoxy groups -OCH3 is 1. The highest BCUT2D eigenvalue weighted by molar-refractivity contribution is 5.78. The van der Waals surface area contributed by atoms with Crippen LogP contribution in [0.1, 0.15) is 110 Å². The molecule has 0 aliphatic carbocycles. The second kappa shape index (κ2) is 17.5. The zero-order valence-electron chi connectivity index (χ0n) is 15.5. The monoisotopic (exact) mass is 326 g/mol. The summed E-state index contributed by atoms with van der Waals surface area (Å²) in [4.78, 5) is 22.7. The van der Waals surface area contributed by atoms with Crippen LogP contribution >= 0.6 is 0 Å². The number of rotatable bonds is 17. The van der Waals surface area contributed by atoms with Crippen LogP contribution in [-0.2, 0) is 14.3 Å². The van der Waals surface area contributed by atoms with E-state index in [4.69, 9.17) is 0 Å². The highest BCUT2D eigenvalue weighted by Gasteiger charge is 2.02. The summed E-state index contributed by atoms with van der Waals surface area (Å²) in [5, 5.41) is 0. The molecule has 0 fully saturated rings. The third kappa shape index (κ3) is 17.3. The Bertz CT molecular complexity index is 287. The molecule has 0 aromatic rings. The van der Waals surface area contributed by atoms with E-state index in [0.29, 0.717) is 12.2 Å². The van der Waals surface area contributed by atoms with Gasteiger partial charge in [-0.25, -0.2) is 0 Å². The number of carbonyl (C=O) groups excluding carboxylic acids is 2. The van der Waals surface area contributed by atoms with Crippen LogP contribution in [-0.4, -0.2) is 18.9 Å². The Kier molecular flexibility index (Phi) is 16.8. The van der Waals surface area contributed by atoms with Crippen molar-refractivity contribution < 1.29 is 14.3 Å². The van der Waals surface area contributed by atoms with Gasteiger partial charge in [0.15, 0.2) is 0 Å². The van der Waals surface area contributed by atoms with Gasteiger partial charge in [0.05, 0.1) is 7.11 Å². The number of ketones is 1. The number of hydrogen-bond donors (Lipinski definition) is 0. The van der Waals surface area contributed by atoms with Gasteiger partial charge < -0.3 is 4.74 Å². The van der Waals surface area contributed by atoms with Crippen LogP contribution < -0.4 is 0 Å². The molecule has 0 amide bonds. The van der Waals surface area contributed by atoms with E-state index in [1.165, 1.54) is 52.1 Å². The van der Waals surface area contributed by atoms with Crippen molar-refractivity contribution in [2.24, 2.45) is 0 Å². The van der Waals surface area contributed by atoms with E-state index in [2.05, 4.69) is 11.7 Å². The van der Waals surface area contributed by atoms with Crippen LogP contribution in [0.15, 0.2) is 0 Å². The lowest BCUT2D eigenvalue weighted by Crippen LogP contribution is -1.99.